The van der Waals surface area contributed by atoms with Crippen molar-refractivity contribution in [2.75, 3.05) is 25.9 Å². The Hall–Kier alpha value is -2.45. The largest absolute Gasteiger partial charge is 0.369 e. The van der Waals surface area contributed by atoms with Gasteiger partial charge in [0, 0.05) is 22.7 Å². The second-order valence-electron chi connectivity index (χ2n) is 7.65. The number of aryl methyl sites for hydroxylation is 2. The van der Waals surface area contributed by atoms with E-state index in [9.17, 15) is 4.79 Å². The van der Waals surface area contributed by atoms with Gasteiger partial charge in [-0.3, -0.25) is 9.69 Å². The average Bonchev–Trinajstić information content (AvgIpc) is 3.09. The van der Waals surface area contributed by atoms with E-state index >= 15 is 0 Å². The Kier molecular flexibility index (Phi) is 5.56. The molecule has 1 aliphatic rings. The van der Waals surface area contributed by atoms with Crippen LogP contribution >= 0.6 is 11.8 Å². The van der Waals surface area contributed by atoms with E-state index in [1.807, 2.05) is 11.6 Å². The van der Waals surface area contributed by atoms with Gasteiger partial charge in [0.25, 0.3) is 0 Å². The van der Waals surface area contributed by atoms with Crippen LogP contribution in [-0.4, -0.2) is 56.4 Å². The molecule has 7 nitrogen and oxygen atoms in total. The number of carbonyl (C=O) groups is 1. The standard InChI is InChI=1S/C21H26N6OS/c1-13-9-20(24-18-10-16(29-3)6-7-17(13)18)27-21(23-14(2)25-27)15-5-4-8-26(11-15)12-19(22)28/h6-7,9-10,15H,4-5,8,11-12H2,1-3H3,(H2,22,28). The lowest BCUT2D eigenvalue weighted by Gasteiger charge is -2.31. The second-order valence-corrected chi connectivity index (χ2v) is 8.53. The normalized spacial score (nSPS) is 17.7. The van der Waals surface area contributed by atoms with Crippen molar-refractivity contribution in [3.05, 3.63) is 41.5 Å². The molecule has 1 aliphatic heterocycles. The fraction of sp³-hybridized carbons (Fsp3) is 0.429. The molecule has 3 heterocycles. The molecule has 1 aromatic carbocycles. The smallest absolute Gasteiger partial charge is 0.231 e. The summed E-state index contributed by atoms with van der Waals surface area (Å²) in [4.78, 5) is 24.3. The summed E-state index contributed by atoms with van der Waals surface area (Å²) in [7, 11) is 0. The molecule has 29 heavy (non-hydrogen) atoms. The maximum Gasteiger partial charge on any atom is 0.231 e. The van der Waals surface area contributed by atoms with Gasteiger partial charge in [-0.1, -0.05) is 6.07 Å². The number of piperidine rings is 1. The number of thioether (sulfide) groups is 1. The molecule has 1 unspecified atom stereocenters. The predicted molar refractivity (Wildman–Crippen MR) is 116 cm³/mol. The maximum absolute atomic E-state index is 11.4. The molecular formula is C21H26N6OS. The number of primary amides is 1. The Morgan fingerprint density at radius 1 is 1.28 bits per heavy atom. The summed E-state index contributed by atoms with van der Waals surface area (Å²) in [6, 6.07) is 8.45. The highest BCUT2D eigenvalue weighted by molar-refractivity contribution is 7.98. The van der Waals surface area contributed by atoms with Crippen LogP contribution in [0.1, 0.15) is 36.0 Å². The van der Waals surface area contributed by atoms with Crippen molar-refractivity contribution in [2.45, 2.75) is 37.5 Å². The number of hydrogen-bond donors (Lipinski definition) is 1. The minimum Gasteiger partial charge on any atom is -0.369 e. The number of hydrogen-bond acceptors (Lipinski definition) is 6. The van der Waals surface area contributed by atoms with Crippen LogP contribution in [0.3, 0.4) is 0 Å². The van der Waals surface area contributed by atoms with Crippen LogP contribution in [-0.2, 0) is 4.79 Å². The van der Waals surface area contributed by atoms with E-state index in [-0.39, 0.29) is 18.4 Å². The molecule has 0 bridgehead atoms. The molecule has 0 aliphatic carbocycles. The molecule has 1 fully saturated rings. The number of nitrogens with two attached hydrogens (primary N) is 1. The van der Waals surface area contributed by atoms with Crippen LogP contribution in [0.2, 0.25) is 0 Å². The van der Waals surface area contributed by atoms with Crippen molar-refractivity contribution in [2.24, 2.45) is 5.73 Å². The van der Waals surface area contributed by atoms with Gasteiger partial charge < -0.3 is 5.73 Å². The highest BCUT2D eigenvalue weighted by Crippen LogP contribution is 2.29. The van der Waals surface area contributed by atoms with Gasteiger partial charge in [-0.25, -0.2) is 9.97 Å². The van der Waals surface area contributed by atoms with Crippen molar-refractivity contribution >= 4 is 28.6 Å². The van der Waals surface area contributed by atoms with Crippen molar-refractivity contribution in [3.8, 4) is 5.82 Å². The molecule has 152 valence electrons. The zero-order chi connectivity index (χ0) is 20.5. The van der Waals surface area contributed by atoms with Crippen LogP contribution in [0.4, 0.5) is 0 Å². The van der Waals surface area contributed by atoms with Gasteiger partial charge in [-0.05, 0) is 63.3 Å². The van der Waals surface area contributed by atoms with Crippen LogP contribution in [0.5, 0.6) is 0 Å². The Morgan fingerprint density at radius 3 is 2.86 bits per heavy atom. The minimum absolute atomic E-state index is 0.194. The van der Waals surface area contributed by atoms with E-state index in [0.29, 0.717) is 0 Å². The van der Waals surface area contributed by atoms with Gasteiger partial charge in [0.05, 0.1) is 12.1 Å². The van der Waals surface area contributed by atoms with Crippen LogP contribution in [0.25, 0.3) is 16.7 Å². The lowest BCUT2D eigenvalue weighted by atomic mass is 9.97. The number of rotatable bonds is 5. The molecular weight excluding hydrogens is 384 g/mol. The third-order valence-electron chi connectivity index (χ3n) is 5.42. The van der Waals surface area contributed by atoms with Crippen molar-refractivity contribution in [1.29, 1.82) is 0 Å². The lowest BCUT2D eigenvalue weighted by molar-refractivity contribution is -0.119. The third-order valence-corrected chi connectivity index (χ3v) is 6.14. The molecule has 1 amide bonds. The van der Waals surface area contributed by atoms with Crippen LogP contribution < -0.4 is 5.73 Å². The Morgan fingerprint density at radius 2 is 2.10 bits per heavy atom. The number of fused-ring (bicyclic) bond motifs is 1. The molecule has 2 N–H and O–H groups in total. The van der Waals surface area contributed by atoms with Crippen molar-refractivity contribution in [3.63, 3.8) is 0 Å². The first-order chi connectivity index (χ1) is 13.9. The monoisotopic (exact) mass is 410 g/mol. The third kappa shape index (κ3) is 4.13. The van der Waals surface area contributed by atoms with Gasteiger partial charge >= 0.3 is 0 Å². The maximum atomic E-state index is 11.4. The summed E-state index contributed by atoms with van der Waals surface area (Å²) in [5.41, 5.74) is 7.53. The number of pyridine rings is 1. The number of aromatic nitrogens is 4. The minimum atomic E-state index is -0.292. The second kappa shape index (κ2) is 8.12. The molecule has 3 aromatic rings. The van der Waals surface area contributed by atoms with E-state index < -0.39 is 0 Å². The zero-order valence-electron chi connectivity index (χ0n) is 17.1. The van der Waals surface area contributed by atoms with E-state index in [0.717, 1.165) is 59.9 Å². The van der Waals surface area contributed by atoms with E-state index in [1.54, 1.807) is 11.8 Å². The summed E-state index contributed by atoms with van der Waals surface area (Å²) < 4.78 is 1.88. The van der Waals surface area contributed by atoms with Gasteiger partial charge in [-0.2, -0.15) is 4.68 Å². The molecule has 0 saturated carbocycles. The molecule has 4 rings (SSSR count). The summed E-state index contributed by atoms with van der Waals surface area (Å²) in [6.45, 7) is 5.94. The summed E-state index contributed by atoms with van der Waals surface area (Å²) in [5, 5.41) is 5.81. The van der Waals surface area contributed by atoms with Crippen molar-refractivity contribution < 1.29 is 4.79 Å². The van der Waals surface area contributed by atoms with E-state index in [4.69, 9.17) is 15.7 Å². The number of carbonyl (C=O) groups excluding carboxylic acids is 1. The van der Waals surface area contributed by atoms with E-state index in [2.05, 4.69) is 47.4 Å². The molecule has 0 spiro atoms. The number of likely N-dealkylation sites (tertiary alicyclic amines) is 1. The van der Waals surface area contributed by atoms with Gasteiger partial charge in [0.2, 0.25) is 5.91 Å². The van der Waals surface area contributed by atoms with Crippen LogP contribution in [0.15, 0.2) is 29.2 Å². The lowest BCUT2D eigenvalue weighted by Crippen LogP contribution is -2.40. The highest BCUT2D eigenvalue weighted by atomic mass is 32.2. The fourth-order valence-electron chi connectivity index (χ4n) is 4.09. The van der Waals surface area contributed by atoms with Crippen molar-refractivity contribution in [1.82, 2.24) is 24.6 Å². The Labute approximate surface area is 174 Å². The van der Waals surface area contributed by atoms with Gasteiger partial charge in [0.1, 0.15) is 11.6 Å². The van der Waals surface area contributed by atoms with Gasteiger partial charge in [0.15, 0.2) is 5.82 Å². The molecule has 1 saturated heterocycles. The number of nitrogens with zero attached hydrogens (tertiary/aromatic N) is 5. The fourth-order valence-corrected chi connectivity index (χ4v) is 4.53. The Bertz CT molecular complexity index is 1060. The molecule has 0 radical (unpaired) electrons. The summed E-state index contributed by atoms with van der Waals surface area (Å²) in [5.74, 6) is 2.32. The predicted octanol–water partition coefficient (Wildman–Crippen LogP) is 2.82. The average molecular weight is 411 g/mol. The van der Waals surface area contributed by atoms with E-state index in [1.165, 1.54) is 4.90 Å². The number of benzene rings is 1. The molecule has 8 heteroatoms. The summed E-state index contributed by atoms with van der Waals surface area (Å²) in [6.07, 6.45) is 4.08. The number of amides is 1. The first-order valence-corrected chi connectivity index (χ1v) is 11.1. The quantitative estimate of drug-likeness (QED) is 0.651. The first-order valence-electron chi connectivity index (χ1n) is 9.84. The molecule has 2 aromatic heterocycles. The van der Waals surface area contributed by atoms with Crippen LogP contribution in [0, 0.1) is 13.8 Å². The van der Waals surface area contributed by atoms with Gasteiger partial charge in [-0.15, -0.1) is 16.9 Å². The SMILES string of the molecule is CSc1ccc2c(C)cc(-n3nc(C)nc3C3CCCN(CC(N)=O)C3)nc2c1. The zero-order valence-corrected chi connectivity index (χ0v) is 17.9. The topological polar surface area (TPSA) is 89.9 Å². The first kappa shape index (κ1) is 19.8. The Balaban J connectivity index is 1.74. The highest BCUT2D eigenvalue weighted by Gasteiger charge is 2.27. The summed E-state index contributed by atoms with van der Waals surface area (Å²) >= 11 is 1.71. The molecule has 1 atom stereocenters.